The first-order chi connectivity index (χ1) is 23.1. The van der Waals surface area contributed by atoms with E-state index in [-0.39, 0.29) is 35.2 Å². The Morgan fingerprint density at radius 1 is 0.688 bits per heavy atom. The second kappa shape index (κ2) is 15.8. The number of rotatable bonds is 15. The highest BCUT2D eigenvalue weighted by atomic mass is 32.2. The van der Waals surface area contributed by atoms with Gasteiger partial charge in [-0.2, -0.15) is 13.7 Å². The van der Waals surface area contributed by atoms with Crippen LogP contribution in [0.3, 0.4) is 0 Å². The molecule has 1 aromatic heterocycles. The molecule has 48 heavy (non-hydrogen) atoms. The molecule has 1 N–H and O–H groups in total. The van der Waals surface area contributed by atoms with Gasteiger partial charge in [-0.3, -0.25) is 4.79 Å². The summed E-state index contributed by atoms with van der Waals surface area (Å²) in [6, 6.07) is 36.6. The number of aryl methyl sites for hydroxylation is 1. The molecule has 5 rings (SSSR count). The molecule has 248 valence electrons. The number of furan rings is 1. The van der Waals surface area contributed by atoms with E-state index in [0.29, 0.717) is 12.2 Å². The number of hydrogen-bond donors (Lipinski definition) is 1. The van der Waals surface area contributed by atoms with Gasteiger partial charge in [-0.15, -0.1) is 0 Å². The van der Waals surface area contributed by atoms with Crippen LogP contribution < -0.4 is 5.43 Å². The number of sulfonamides is 2. The third kappa shape index (κ3) is 9.14. The Kier molecular flexibility index (Phi) is 11.3. The molecule has 12 heteroatoms. The number of hydrazone groups is 1. The van der Waals surface area contributed by atoms with E-state index in [0.717, 1.165) is 21.0 Å². The lowest BCUT2D eigenvalue weighted by Crippen LogP contribution is -2.40. The summed E-state index contributed by atoms with van der Waals surface area (Å²) in [6.45, 7) is 1.62. The molecule has 0 saturated heterocycles. The molecular weight excluding hydrogens is 649 g/mol. The number of nitrogens with zero attached hydrogens (tertiary/aromatic N) is 3. The lowest BCUT2D eigenvalue weighted by molar-refractivity contribution is -0.121. The molecule has 0 fully saturated rings. The molecule has 0 aliphatic heterocycles. The lowest BCUT2D eigenvalue weighted by Gasteiger charge is -2.21. The van der Waals surface area contributed by atoms with Gasteiger partial charge in [-0.25, -0.2) is 22.3 Å². The summed E-state index contributed by atoms with van der Waals surface area (Å²) >= 11 is 0. The fraction of sp³-hybridized carbons (Fsp3) is 0.167. The maximum Gasteiger partial charge on any atom is 0.255 e. The minimum absolute atomic E-state index is 0.0426. The maximum atomic E-state index is 13.6. The van der Waals surface area contributed by atoms with Crippen molar-refractivity contribution in [2.75, 3.05) is 13.1 Å². The third-order valence-electron chi connectivity index (χ3n) is 7.45. The highest BCUT2D eigenvalue weighted by molar-refractivity contribution is 7.89. The summed E-state index contributed by atoms with van der Waals surface area (Å²) in [4.78, 5) is 13.1. The van der Waals surface area contributed by atoms with Crippen molar-refractivity contribution < 1.29 is 26.0 Å². The number of carbonyl (C=O) groups excluding carboxylic acids is 1. The zero-order valence-electron chi connectivity index (χ0n) is 26.3. The van der Waals surface area contributed by atoms with Crippen LogP contribution in [0.1, 0.15) is 28.2 Å². The molecule has 0 bridgehead atoms. The summed E-state index contributed by atoms with van der Waals surface area (Å²) in [5, 5.41) is 3.96. The predicted octanol–water partition coefficient (Wildman–Crippen LogP) is 5.36. The summed E-state index contributed by atoms with van der Waals surface area (Å²) in [6.07, 6.45) is 1.69. The van der Waals surface area contributed by atoms with Crippen LogP contribution in [-0.4, -0.2) is 50.7 Å². The van der Waals surface area contributed by atoms with Crippen molar-refractivity contribution in [2.45, 2.75) is 36.2 Å². The molecule has 0 aliphatic carbocycles. The lowest BCUT2D eigenvalue weighted by atomic mass is 10.1. The second-order valence-corrected chi connectivity index (χ2v) is 14.9. The van der Waals surface area contributed by atoms with Crippen LogP contribution in [0, 0.1) is 6.92 Å². The van der Waals surface area contributed by atoms with Crippen LogP contribution in [0.15, 0.2) is 147 Å². The molecule has 0 spiro atoms. The Balaban J connectivity index is 1.26. The molecule has 1 amide bonds. The molecule has 0 aliphatic rings. The van der Waals surface area contributed by atoms with E-state index in [4.69, 9.17) is 4.42 Å². The average molecular weight is 685 g/mol. The molecule has 4 aromatic carbocycles. The van der Waals surface area contributed by atoms with E-state index >= 15 is 0 Å². The summed E-state index contributed by atoms with van der Waals surface area (Å²) in [5.74, 6) is 0.00907. The van der Waals surface area contributed by atoms with Gasteiger partial charge in [0.1, 0.15) is 11.5 Å². The second-order valence-electron chi connectivity index (χ2n) is 11.1. The van der Waals surface area contributed by atoms with Crippen molar-refractivity contribution in [3.8, 4) is 0 Å². The monoisotopic (exact) mass is 684 g/mol. The van der Waals surface area contributed by atoms with Crippen molar-refractivity contribution >= 4 is 32.2 Å². The van der Waals surface area contributed by atoms with E-state index in [1.807, 2.05) is 67.6 Å². The van der Waals surface area contributed by atoms with Gasteiger partial charge in [0.05, 0.1) is 29.1 Å². The van der Waals surface area contributed by atoms with Gasteiger partial charge in [0, 0.05) is 13.1 Å². The highest BCUT2D eigenvalue weighted by Crippen LogP contribution is 2.23. The van der Waals surface area contributed by atoms with Crippen molar-refractivity contribution in [3.63, 3.8) is 0 Å². The smallest absolute Gasteiger partial charge is 0.255 e. The Morgan fingerprint density at radius 3 is 1.90 bits per heavy atom. The zero-order chi connectivity index (χ0) is 34.0. The fourth-order valence-electron chi connectivity index (χ4n) is 4.88. The average Bonchev–Trinajstić information content (AvgIpc) is 3.54. The van der Waals surface area contributed by atoms with Gasteiger partial charge in [-0.1, -0.05) is 96.6 Å². The molecule has 0 unspecified atom stereocenters. The summed E-state index contributed by atoms with van der Waals surface area (Å²) in [5.41, 5.74) is 5.07. The van der Waals surface area contributed by atoms with Crippen molar-refractivity contribution in [1.82, 2.24) is 14.0 Å². The largest absolute Gasteiger partial charge is 0.459 e. The molecule has 5 aromatic rings. The fourth-order valence-corrected chi connectivity index (χ4v) is 7.70. The van der Waals surface area contributed by atoms with Crippen LogP contribution in [0.25, 0.3) is 0 Å². The van der Waals surface area contributed by atoms with Gasteiger partial charge in [0.2, 0.25) is 20.0 Å². The predicted molar refractivity (Wildman–Crippen MR) is 184 cm³/mol. The molecule has 10 nitrogen and oxygen atoms in total. The number of benzene rings is 4. The molecule has 0 atom stereocenters. The molecule has 0 saturated carbocycles. The quantitative estimate of drug-likeness (QED) is 0.117. The van der Waals surface area contributed by atoms with Crippen LogP contribution in [-0.2, 0) is 44.4 Å². The first kappa shape index (κ1) is 34.5. The molecular formula is C36H36N4O6S2. The Hall–Kier alpha value is -4.88. The topological polar surface area (TPSA) is 129 Å². The van der Waals surface area contributed by atoms with Gasteiger partial charge >= 0.3 is 0 Å². The maximum absolute atomic E-state index is 13.6. The van der Waals surface area contributed by atoms with Crippen molar-refractivity contribution in [3.05, 3.63) is 156 Å². The highest BCUT2D eigenvalue weighted by Gasteiger charge is 2.27. The van der Waals surface area contributed by atoms with Crippen LogP contribution in [0.4, 0.5) is 0 Å². The number of nitrogens with one attached hydrogen (secondary N) is 1. The van der Waals surface area contributed by atoms with E-state index in [9.17, 15) is 21.6 Å². The van der Waals surface area contributed by atoms with Crippen molar-refractivity contribution in [2.24, 2.45) is 5.10 Å². The summed E-state index contributed by atoms with van der Waals surface area (Å²) < 4.78 is 62.4. The van der Waals surface area contributed by atoms with Gasteiger partial charge in [0.15, 0.2) is 0 Å². The zero-order valence-corrected chi connectivity index (χ0v) is 28.0. The van der Waals surface area contributed by atoms with Crippen molar-refractivity contribution in [1.29, 1.82) is 0 Å². The van der Waals surface area contributed by atoms with Crippen LogP contribution in [0.2, 0.25) is 0 Å². The third-order valence-corrected chi connectivity index (χ3v) is 11.1. The SMILES string of the molecule is Cc1ccc(S(=O)(=O)N(Cc2ccccc2)Cc2ccc(/C=N\NC(=O)CN(CCc3ccccc3)S(=O)(=O)c3ccccc3)o2)cc1. The van der Waals surface area contributed by atoms with E-state index in [1.165, 1.54) is 22.7 Å². The Morgan fingerprint density at radius 2 is 1.25 bits per heavy atom. The first-order valence-electron chi connectivity index (χ1n) is 15.2. The minimum Gasteiger partial charge on any atom is -0.459 e. The summed E-state index contributed by atoms with van der Waals surface area (Å²) in [7, 11) is -7.83. The van der Waals surface area contributed by atoms with Crippen LogP contribution >= 0.6 is 0 Å². The van der Waals surface area contributed by atoms with E-state index in [2.05, 4.69) is 10.5 Å². The first-order valence-corrected chi connectivity index (χ1v) is 18.1. The van der Waals surface area contributed by atoms with Crippen LogP contribution in [0.5, 0.6) is 0 Å². The van der Waals surface area contributed by atoms with E-state index in [1.54, 1.807) is 54.6 Å². The van der Waals surface area contributed by atoms with Gasteiger partial charge in [-0.05, 0) is 60.9 Å². The molecule has 1 heterocycles. The minimum atomic E-state index is -3.96. The normalized spacial score (nSPS) is 12.1. The number of hydrogen-bond acceptors (Lipinski definition) is 7. The Labute approximate surface area is 281 Å². The molecule has 0 radical (unpaired) electrons. The Bertz CT molecular complexity index is 2030. The van der Waals surface area contributed by atoms with E-state index < -0.39 is 32.5 Å². The standard InChI is InChI=1S/C36H36N4O6S2/c1-29-17-21-35(22-18-29)48(44,45)40(26-31-13-7-3-8-14-31)27-33-20-19-32(46-33)25-37-38-36(41)28-39(24-23-30-11-5-2-6-12-30)47(42,43)34-15-9-4-10-16-34/h2-22,25H,23-24,26-28H2,1H3,(H,38,41)/b37-25-. The number of amides is 1. The van der Waals surface area contributed by atoms with Gasteiger partial charge < -0.3 is 4.42 Å². The number of carbonyl (C=O) groups is 1. The van der Waals surface area contributed by atoms with Gasteiger partial charge in [0.25, 0.3) is 5.91 Å².